The molecule has 0 radical (unpaired) electrons. The van der Waals surface area contributed by atoms with Crippen LogP contribution in [0, 0.1) is 11.7 Å². The van der Waals surface area contributed by atoms with Gasteiger partial charge < -0.3 is 16.0 Å². The van der Waals surface area contributed by atoms with Crippen molar-refractivity contribution in [2.75, 3.05) is 11.6 Å². The van der Waals surface area contributed by atoms with E-state index in [1.165, 1.54) is 6.07 Å². The Morgan fingerprint density at radius 2 is 1.88 bits per heavy atom. The van der Waals surface area contributed by atoms with Crippen LogP contribution in [0.1, 0.15) is 23.8 Å². The van der Waals surface area contributed by atoms with Crippen molar-refractivity contribution >= 4 is 43.4 Å². The quantitative estimate of drug-likeness (QED) is 0.205. The largest absolute Gasteiger partial charge is 0.338 e. The van der Waals surface area contributed by atoms with Crippen LogP contribution < -0.4 is 11.1 Å². The predicted octanol–water partition coefficient (Wildman–Crippen LogP) is 4.72. The number of halogens is 1. The first-order valence-corrected chi connectivity index (χ1v) is 15.4. The van der Waals surface area contributed by atoms with Crippen molar-refractivity contribution in [3.63, 3.8) is 0 Å². The Balaban J connectivity index is 1.27. The summed E-state index contributed by atoms with van der Waals surface area (Å²) >= 11 is 0. The fourth-order valence-electron chi connectivity index (χ4n) is 5.10. The minimum atomic E-state index is -3.64. The van der Waals surface area contributed by atoms with E-state index in [0.717, 1.165) is 36.1 Å². The lowest BCUT2D eigenvalue weighted by atomic mass is 10.0. The summed E-state index contributed by atoms with van der Waals surface area (Å²) in [4.78, 5) is 28.8. The Bertz CT molecular complexity index is 2170. The zero-order valence-electron chi connectivity index (χ0n) is 22.8. The molecule has 5 N–H and O–H groups in total. The number of aromatic nitrogens is 6. The number of nitrogens with one attached hydrogen (secondary N) is 3. The Labute approximate surface area is 244 Å². The van der Waals surface area contributed by atoms with Crippen molar-refractivity contribution in [1.29, 1.82) is 0 Å². The van der Waals surface area contributed by atoms with Gasteiger partial charge in [0.05, 0.1) is 35.0 Å². The van der Waals surface area contributed by atoms with E-state index in [1.807, 2.05) is 18.2 Å². The minimum Gasteiger partial charge on any atom is -0.338 e. The van der Waals surface area contributed by atoms with Gasteiger partial charge in [-0.3, -0.25) is 19.9 Å². The number of H-pyrrole nitrogens is 2. The van der Waals surface area contributed by atoms with Gasteiger partial charge in [-0.05, 0) is 72.0 Å². The molecule has 1 aromatic carbocycles. The average molecular weight is 597 g/mol. The van der Waals surface area contributed by atoms with Crippen LogP contribution in [0.3, 0.4) is 0 Å². The number of amides is 1. The molecule has 1 atom stereocenters. The molecule has 0 bridgehead atoms. The number of hydrogen-bond donors (Lipinski definition) is 4. The fraction of sp³-hybridized carbons (Fsp3) is 0.167. The topological polar surface area (TPSA) is 172 Å². The van der Waals surface area contributed by atoms with Crippen molar-refractivity contribution in [2.24, 2.45) is 11.7 Å². The van der Waals surface area contributed by atoms with E-state index in [2.05, 4.69) is 35.5 Å². The molecule has 216 valence electrons. The number of carbonyl (C=O) groups excluding carboxylic acids is 1. The van der Waals surface area contributed by atoms with Crippen LogP contribution >= 0.6 is 0 Å². The second-order valence-corrected chi connectivity index (χ2v) is 12.9. The molecule has 5 heterocycles. The third-order valence-corrected chi connectivity index (χ3v) is 8.70. The molecule has 0 spiro atoms. The standard InChI is InChI=1S/C30H25FN8O3S/c1-43(41,42)28(32)17-6-16(7-19(31)8-17)21-4-5-34-29-22(21)10-25(37-29)27-23-11-24(35-14-26(23)38-39-27)18-9-20(13-33-12-18)36-30(40)15-2-3-15/h4-15,28H,2-3,32H2,1H3,(H,34,37)(H,36,40)(H,38,39). The van der Waals surface area contributed by atoms with Gasteiger partial charge in [-0.2, -0.15) is 5.10 Å². The van der Waals surface area contributed by atoms with Crippen molar-refractivity contribution < 1.29 is 17.6 Å². The van der Waals surface area contributed by atoms with Gasteiger partial charge in [0.25, 0.3) is 0 Å². The lowest BCUT2D eigenvalue weighted by Gasteiger charge is -2.12. The first-order chi connectivity index (χ1) is 20.6. The number of nitrogens with two attached hydrogens (primary N) is 1. The maximum absolute atomic E-state index is 14.6. The Morgan fingerprint density at radius 3 is 2.67 bits per heavy atom. The van der Waals surface area contributed by atoms with Gasteiger partial charge in [0.1, 0.15) is 22.5 Å². The van der Waals surface area contributed by atoms with Gasteiger partial charge in [-0.1, -0.05) is 0 Å². The number of aromatic amines is 2. The third-order valence-electron chi connectivity index (χ3n) is 7.50. The number of rotatable bonds is 7. The van der Waals surface area contributed by atoms with Crippen molar-refractivity contribution in [2.45, 2.75) is 18.2 Å². The number of nitrogens with zero attached hydrogens (tertiary/aromatic N) is 4. The minimum absolute atomic E-state index is 0.000946. The molecular formula is C30H25FN8O3S. The molecular weight excluding hydrogens is 571 g/mol. The first-order valence-electron chi connectivity index (χ1n) is 13.5. The van der Waals surface area contributed by atoms with Crippen LogP contribution in [-0.2, 0) is 14.6 Å². The summed E-state index contributed by atoms with van der Waals surface area (Å²) in [6, 6.07) is 11.4. The number of anilines is 1. The van der Waals surface area contributed by atoms with Gasteiger partial charge in [-0.25, -0.2) is 17.8 Å². The van der Waals surface area contributed by atoms with Crippen molar-refractivity contribution in [3.05, 3.63) is 78.6 Å². The molecule has 1 saturated carbocycles. The van der Waals surface area contributed by atoms with E-state index in [-0.39, 0.29) is 17.4 Å². The monoisotopic (exact) mass is 596 g/mol. The Morgan fingerprint density at radius 1 is 1.05 bits per heavy atom. The number of carbonyl (C=O) groups is 1. The van der Waals surface area contributed by atoms with E-state index in [9.17, 15) is 17.6 Å². The van der Waals surface area contributed by atoms with Crippen LogP contribution in [0.5, 0.6) is 0 Å². The van der Waals surface area contributed by atoms with Crippen LogP contribution in [0.15, 0.2) is 67.3 Å². The summed E-state index contributed by atoms with van der Waals surface area (Å²) in [5.74, 6) is -0.527. The molecule has 6 aromatic rings. The number of fused-ring (bicyclic) bond motifs is 2. The zero-order valence-corrected chi connectivity index (χ0v) is 23.6. The van der Waals surface area contributed by atoms with Gasteiger partial charge >= 0.3 is 0 Å². The predicted molar refractivity (Wildman–Crippen MR) is 161 cm³/mol. The number of benzene rings is 1. The van der Waals surface area contributed by atoms with E-state index in [1.54, 1.807) is 36.9 Å². The highest BCUT2D eigenvalue weighted by molar-refractivity contribution is 7.90. The molecule has 1 aliphatic rings. The number of pyridine rings is 3. The molecule has 5 aromatic heterocycles. The maximum Gasteiger partial charge on any atom is 0.227 e. The second kappa shape index (κ2) is 10.1. The van der Waals surface area contributed by atoms with E-state index in [0.29, 0.717) is 50.4 Å². The van der Waals surface area contributed by atoms with Gasteiger partial charge in [0.2, 0.25) is 5.91 Å². The van der Waals surface area contributed by atoms with Crippen molar-refractivity contribution in [3.8, 4) is 33.8 Å². The summed E-state index contributed by atoms with van der Waals surface area (Å²) in [7, 11) is -3.64. The molecule has 1 aliphatic carbocycles. The second-order valence-electron chi connectivity index (χ2n) is 10.7. The Kier molecular flexibility index (Phi) is 6.29. The molecule has 43 heavy (non-hydrogen) atoms. The van der Waals surface area contributed by atoms with Crippen molar-refractivity contribution in [1.82, 2.24) is 30.1 Å². The smallest absolute Gasteiger partial charge is 0.227 e. The summed E-state index contributed by atoms with van der Waals surface area (Å²) in [5.41, 5.74) is 11.7. The molecule has 0 aliphatic heterocycles. The van der Waals surface area contributed by atoms with E-state index < -0.39 is 21.0 Å². The molecule has 11 nitrogen and oxygen atoms in total. The van der Waals surface area contributed by atoms with Crippen LogP contribution in [0.4, 0.5) is 10.1 Å². The van der Waals surface area contributed by atoms with Crippen LogP contribution in [0.2, 0.25) is 0 Å². The highest BCUT2D eigenvalue weighted by atomic mass is 32.2. The Hall–Kier alpha value is -5.01. The summed E-state index contributed by atoms with van der Waals surface area (Å²) in [6.07, 6.45) is 9.39. The molecule has 13 heteroatoms. The average Bonchev–Trinajstić information content (AvgIpc) is 3.62. The molecule has 1 fully saturated rings. The van der Waals surface area contributed by atoms with Gasteiger partial charge in [0.15, 0.2) is 9.84 Å². The molecule has 0 saturated heterocycles. The summed E-state index contributed by atoms with van der Waals surface area (Å²) < 4.78 is 38.7. The number of hydrogen-bond acceptors (Lipinski definition) is 8. The van der Waals surface area contributed by atoms with Crippen LogP contribution in [0.25, 0.3) is 55.7 Å². The SMILES string of the molecule is CS(=O)(=O)C(N)c1cc(F)cc(-c2ccnc3[nH]c(-c4n[nH]c5cnc(-c6cncc(NC(=O)C7CC7)c6)cc45)cc23)c1. The zero-order chi connectivity index (χ0) is 29.9. The number of sulfone groups is 1. The third kappa shape index (κ3) is 5.13. The lowest BCUT2D eigenvalue weighted by Crippen LogP contribution is -2.20. The molecule has 1 unspecified atom stereocenters. The maximum atomic E-state index is 14.6. The summed E-state index contributed by atoms with van der Waals surface area (Å²) in [5, 5.41) is 10.6. The van der Waals surface area contributed by atoms with E-state index in [4.69, 9.17) is 5.73 Å². The van der Waals surface area contributed by atoms with E-state index >= 15 is 0 Å². The molecule has 7 rings (SSSR count). The lowest BCUT2D eigenvalue weighted by molar-refractivity contribution is -0.117. The van der Waals surface area contributed by atoms with Crippen LogP contribution in [-0.4, -0.2) is 50.7 Å². The highest BCUT2D eigenvalue weighted by Gasteiger charge is 2.29. The summed E-state index contributed by atoms with van der Waals surface area (Å²) in [6.45, 7) is 0. The van der Waals surface area contributed by atoms with Gasteiger partial charge in [-0.15, -0.1) is 0 Å². The highest BCUT2D eigenvalue weighted by Crippen LogP contribution is 2.36. The molecule has 1 amide bonds. The fourth-order valence-corrected chi connectivity index (χ4v) is 5.73. The van der Waals surface area contributed by atoms with Gasteiger partial charge in [0, 0.05) is 40.9 Å². The normalized spacial score (nSPS) is 14.3. The first kappa shape index (κ1) is 26.9.